The van der Waals surface area contributed by atoms with Crippen molar-refractivity contribution in [1.82, 2.24) is 5.32 Å². The molecule has 1 aromatic rings. The zero-order valence-corrected chi connectivity index (χ0v) is 12.3. The Bertz CT molecular complexity index is 561. The van der Waals surface area contributed by atoms with E-state index in [2.05, 4.69) is 10.6 Å². The fraction of sp³-hybridized carbons (Fsp3) is 0.500. The second kappa shape index (κ2) is 6.44. The lowest BCUT2D eigenvalue weighted by Crippen LogP contribution is -3.03. The van der Waals surface area contributed by atoms with Gasteiger partial charge in [-0.3, -0.25) is 9.59 Å². The topological polar surface area (TPSA) is 74.8 Å². The summed E-state index contributed by atoms with van der Waals surface area (Å²) in [5.74, 6) is -0.629. The molecule has 118 valence electrons. The predicted molar refractivity (Wildman–Crippen MR) is 79.5 cm³/mol. The van der Waals surface area contributed by atoms with Crippen LogP contribution in [0.25, 0.3) is 0 Å². The van der Waals surface area contributed by atoms with Crippen molar-refractivity contribution >= 4 is 17.5 Å². The van der Waals surface area contributed by atoms with Crippen molar-refractivity contribution in [2.45, 2.75) is 50.2 Å². The van der Waals surface area contributed by atoms with Crippen LogP contribution in [0.5, 0.6) is 0 Å². The number of nitrogens with one attached hydrogen (secondary N) is 2. The molecule has 1 aromatic carbocycles. The fourth-order valence-corrected chi connectivity index (χ4v) is 3.35. The van der Waals surface area contributed by atoms with Gasteiger partial charge in [0.25, 0.3) is 5.91 Å². The van der Waals surface area contributed by atoms with Gasteiger partial charge in [0.15, 0.2) is 6.04 Å². The molecule has 3 atom stereocenters. The minimum atomic E-state index is -0.375. The van der Waals surface area contributed by atoms with E-state index in [-0.39, 0.29) is 36.1 Å². The molecule has 1 aliphatic heterocycles. The first-order valence-electron chi connectivity index (χ1n) is 7.82. The fourth-order valence-electron chi connectivity index (χ4n) is 3.35. The van der Waals surface area contributed by atoms with Crippen LogP contribution in [0.3, 0.4) is 0 Å². The Balaban J connectivity index is 1.56. The van der Waals surface area contributed by atoms with Crippen LogP contribution in [0, 0.1) is 5.82 Å². The third-order valence-electron chi connectivity index (χ3n) is 4.50. The van der Waals surface area contributed by atoms with Crippen molar-refractivity contribution in [2.75, 3.05) is 5.32 Å². The molecule has 6 heteroatoms. The number of piperazine rings is 1. The maximum atomic E-state index is 12.8. The van der Waals surface area contributed by atoms with Crippen molar-refractivity contribution in [3.8, 4) is 0 Å². The summed E-state index contributed by atoms with van der Waals surface area (Å²) < 4.78 is 12.8. The van der Waals surface area contributed by atoms with E-state index in [1.807, 2.05) is 5.32 Å². The number of amides is 2. The van der Waals surface area contributed by atoms with Gasteiger partial charge in [0.1, 0.15) is 11.9 Å². The smallest absolute Gasteiger partial charge is 0.279 e. The van der Waals surface area contributed by atoms with Crippen LogP contribution >= 0.6 is 0 Å². The van der Waals surface area contributed by atoms with Gasteiger partial charge in [-0.25, -0.2) is 4.39 Å². The lowest BCUT2D eigenvalue weighted by Gasteiger charge is -2.37. The molecule has 1 aliphatic carbocycles. The lowest BCUT2D eigenvalue weighted by molar-refractivity contribution is -0.718. The van der Waals surface area contributed by atoms with Crippen LogP contribution < -0.4 is 16.0 Å². The zero-order valence-electron chi connectivity index (χ0n) is 12.3. The van der Waals surface area contributed by atoms with Crippen LogP contribution in [-0.4, -0.2) is 29.9 Å². The highest BCUT2D eigenvalue weighted by Crippen LogP contribution is 2.18. The Labute approximate surface area is 128 Å². The normalized spacial score (nSPS) is 27.7. The van der Waals surface area contributed by atoms with E-state index in [1.165, 1.54) is 30.7 Å². The molecule has 2 aliphatic rings. The molecule has 0 bridgehead atoms. The predicted octanol–water partition coefficient (Wildman–Crippen LogP) is 0.527. The number of rotatable bonds is 3. The molecule has 3 rings (SSSR count). The maximum absolute atomic E-state index is 12.8. The van der Waals surface area contributed by atoms with E-state index in [9.17, 15) is 14.0 Å². The van der Waals surface area contributed by atoms with Gasteiger partial charge in [-0.2, -0.15) is 0 Å². The Kier molecular flexibility index (Phi) is 4.38. The molecular formula is C16H21FN3O2+. The summed E-state index contributed by atoms with van der Waals surface area (Å²) in [6.45, 7) is 0. The Morgan fingerprint density at radius 2 is 2.00 bits per heavy atom. The van der Waals surface area contributed by atoms with Crippen molar-refractivity contribution in [3.05, 3.63) is 30.1 Å². The maximum Gasteiger partial charge on any atom is 0.279 e. The van der Waals surface area contributed by atoms with Gasteiger partial charge in [-0.1, -0.05) is 6.42 Å². The third-order valence-corrected chi connectivity index (χ3v) is 4.50. The molecule has 1 heterocycles. The molecule has 0 radical (unpaired) electrons. The first-order valence-corrected chi connectivity index (χ1v) is 7.82. The standard InChI is InChI=1S/C16H20FN3O2/c17-10-5-7-11(8-6-10)18-15(21)9-14-16(22)20-13-4-2-1-3-12(13)19-14/h5-8,12-14,19H,1-4,9H2,(H,18,21)(H,20,22)/p+1/t12-,13-,14-/m0/s1. The number of hydrogen-bond acceptors (Lipinski definition) is 2. The number of fused-ring (bicyclic) bond motifs is 1. The molecule has 1 saturated heterocycles. The average molecular weight is 306 g/mol. The summed E-state index contributed by atoms with van der Waals surface area (Å²) in [6, 6.07) is 5.86. The molecule has 22 heavy (non-hydrogen) atoms. The van der Waals surface area contributed by atoms with E-state index in [0.717, 1.165) is 19.3 Å². The molecule has 4 N–H and O–H groups in total. The molecule has 2 fully saturated rings. The second-order valence-corrected chi connectivity index (χ2v) is 6.12. The van der Waals surface area contributed by atoms with E-state index in [1.54, 1.807) is 0 Å². The summed E-state index contributed by atoms with van der Waals surface area (Å²) >= 11 is 0. The van der Waals surface area contributed by atoms with Crippen molar-refractivity contribution in [1.29, 1.82) is 0 Å². The Morgan fingerprint density at radius 1 is 1.27 bits per heavy atom. The molecule has 0 spiro atoms. The number of halogens is 1. The van der Waals surface area contributed by atoms with Gasteiger partial charge in [0.2, 0.25) is 5.91 Å². The highest BCUT2D eigenvalue weighted by atomic mass is 19.1. The number of quaternary nitrogens is 1. The number of anilines is 1. The lowest BCUT2D eigenvalue weighted by atomic mass is 9.87. The highest BCUT2D eigenvalue weighted by Gasteiger charge is 2.40. The van der Waals surface area contributed by atoms with Crippen molar-refractivity contribution in [3.63, 3.8) is 0 Å². The van der Waals surface area contributed by atoms with Crippen molar-refractivity contribution in [2.24, 2.45) is 0 Å². The van der Waals surface area contributed by atoms with Crippen LogP contribution in [-0.2, 0) is 9.59 Å². The van der Waals surface area contributed by atoms with Gasteiger partial charge in [-0.15, -0.1) is 0 Å². The van der Waals surface area contributed by atoms with Gasteiger partial charge in [0, 0.05) is 12.1 Å². The molecule has 0 unspecified atom stereocenters. The van der Waals surface area contributed by atoms with Crippen LogP contribution in [0.15, 0.2) is 24.3 Å². The Morgan fingerprint density at radius 3 is 2.77 bits per heavy atom. The summed E-state index contributed by atoms with van der Waals surface area (Å²) in [5, 5.41) is 7.80. The zero-order chi connectivity index (χ0) is 15.5. The van der Waals surface area contributed by atoms with Gasteiger partial charge < -0.3 is 16.0 Å². The summed E-state index contributed by atoms with van der Waals surface area (Å²) in [7, 11) is 0. The third kappa shape index (κ3) is 3.44. The first-order chi connectivity index (χ1) is 10.6. The van der Waals surface area contributed by atoms with Gasteiger partial charge in [-0.05, 0) is 37.1 Å². The SMILES string of the molecule is O=C(C[C@@H]1[NH2+][C@H]2CCCC[C@@H]2NC1=O)Nc1ccc(F)cc1. The molecule has 0 aromatic heterocycles. The largest absolute Gasteiger partial charge is 0.342 e. The van der Waals surface area contributed by atoms with E-state index in [0.29, 0.717) is 11.7 Å². The van der Waals surface area contributed by atoms with Gasteiger partial charge >= 0.3 is 0 Å². The average Bonchev–Trinajstić information content (AvgIpc) is 2.50. The van der Waals surface area contributed by atoms with Gasteiger partial charge in [0.05, 0.1) is 12.5 Å². The highest BCUT2D eigenvalue weighted by molar-refractivity contribution is 5.95. The molecular weight excluding hydrogens is 285 g/mol. The summed E-state index contributed by atoms with van der Waals surface area (Å²) in [4.78, 5) is 24.2. The summed E-state index contributed by atoms with van der Waals surface area (Å²) in [5.41, 5.74) is 0.540. The molecule has 2 amide bonds. The van der Waals surface area contributed by atoms with E-state index < -0.39 is 0 Å². The minimum Gasteiger partial charge on any atom is -0.342 e. The number of carbonyl (C=O) groups is 2. The van der Waals surface area contributed by atoms with Crippen LogP contribution in [0.2, 0.25) is 0 Å². The van der Waals surface area contributed by atoms with Crippen molar-refractivity contribution < 1.29 is 19.3 Å². The first kappa shape index (κ1) is 15.0. The van der Waals surface area contributed by atoms with E-state index >= 15 is 0 Å². The molecule has 1 saturated carbocycles. The monoisotopic (exact) mass is 306 g/mol. The van der Waals surface area contributed by atoms with E-state index in [4.69, 9.17) is 0 Å². The quantitative estimate of drug-likeness (QED) is 0.762. The Hall–Kier alpha value is -1.95. The summed E-state index contributed by atoms with van der Waals surface area (Å²) in [6.07, 6.45) is 4.59. The second-order valence-electron chi connectivity index (χ2n) is 6.12. The van der Waals surface area contributed by atoms with Crippen LogP contribution in [0.4, 0.5) is 10.1 Å². The van der Waals surface area contributed by atoms with Crippen LogP contribution in [0.1, 0.15) is 32.1 Å². The number of nitrogens with two attached hydrogens (primary N) is 1. The number of carbonyl (C=O) groups excluding carboxylic acids is 2. The number of benzene rings is 1. The molecule has 5 nitrogen and oxygen atoms in total. The number of hydrogen-bond donors (Lipinski definition) is 3. The minimum absolute atomic E-state index is 0.0580.